The van der Waals surface area contributed by atoms with Crippen molar-refractivity contribution in [1.82, 2.24) is 0 Å². The second-order valence-corrected chi connectivity index (χ2v) is 11.1. The van der Waals surface area contributed by atoms with Gasteiger partial charge in [-0.3, -0.25) is 0 Å². The SMILES string of the molecule is CCCCCCCCCCCCCCCCCC[S+](C)CCc1ccccc1. The fourth-order valence-corrected chi connectivity index (χ4v) is 5.42. The highest BCUT2D eigenvalue weighted by atomic mass is 32.2. The summed E-state index contributed by atoms with van der Waals surface area (Å²) in [7, 11) is 0.612. The molecule has 0 radical (unpaired) electrons. The molecule has 0 aliphatic heterocycles. The smallest absolute Gasteiger partial charge is 0.0654 e. The predicted octanol–water partition coefficient (Wildman–Crippen LogP) is 8.74. The molecule has 0 fully saturated rings. The molecule has 28 heavy (non-hydrogen) atoms. The van der Waals surface area contributed by atoms with Crippen molar-refractivity contribution in [2.75, 3.05) is 17.8 Å². The Balaban J connectivity index is 1.75. The van der Waals surface area contributed by atoms with E-state index in [1.807, 2.05) is 0 Å². The Labute approximate surface area is 180 Å². The van der Waals surface area contributed by atoms with Crippen LogP contribution in [-0.4, -0.2) is 17.8 Å². The average molecular weight is 406 g/mol. The standard InChI is InChI=1S/C27H49S/c1-3-4-5-6-7-8-9-10-11-12-13-14-15-16-17-21-25-28(2)26-24-27-22-19-18-20-23-27/h18-20,22-23H,3-17,21,24-26H2,1-2H3/q+1. The highest BCUT2D eigenvalue weighted by Crippen LogP contribution is 2.14. The summed E-state index contributed by atoms with van der Waals surface area (Å²) in [5.74, 6) is 2.83. The Kier molecular flexibility index (Phi) is 18.2. The third-order valence-electron chi connectivity index (χ3n) is 5.93. The molecule has 0 nitrogen and oxygen atoms in total. The van der Waals surface area contributed by atoms with Gasteiger partial charge >= 0.3 is 0 Å². The molecule has 1 heteroatoms. The van der Waals surface area contributed by atoms with E-state index in [9.17, 15) is 0 Å². The summed E-state index contributed by atoms with van der Waals surface area (Å²) in [4.78, 5) is 0. The minimum atomic E-state index is 0.612. The maximum absolute atomic E-state index is 2.47. The van der Waals surface area contributed by atoms with Gasteiger partial charge in [-0.1, -0.05) is 127 Å². The predicted molar refractivity (Wildman–Crippen MR) is 133 cm³/mol. The van der Waals surface area contributed by atoms with Gasteiger partial charge in [0.2, 0.25) is 0 Å². The van der Waals surface area contributed by atoms with Crippen molar-refractivity contribution in [3.8, 4) is 0 Å². The number of aryl methyl sites for hydroxylation is 1. The van der Waals surface area contributed by atoms with Gasteiger partial charge in [0.15, 0.2) is 0 Å². The molecule has 162 valence electrons. The van der Waals surface area contributed by atoms with Crippen molar-refractivity contribution in [2.45, 2.75) is 116 Å². The molecular weight excluding hydrogens is 356 g/mol. The van der Waals surface area contributed by atoms with Crippen molar-refractivity contribution >= 4 is 10.9 Å². The van der Waals surface area contributed by atoms with Crippen LogP contribution in [0.1, 0.15) is 115 Å². The van der Waals surface area contributed by atoms with Gasteiger partial charge in [0.25, 0.3) is 0 Å². The highest BCUT2D eigenvalue weighted by Gasteiger charge is 2.10. The molecule has 0 aliphatic rings. The van der Waals surface area contributed by atoms with Crippen LogP contribution in [0.4, 0.5) is 0 Å². The Hall–Kier alpha value is -0.430. The molecule has 0 aliphatic carbocycles. The molecule has 1 unspecified atom stereocenters. The van der Waals surface area contributed by atoms with E-state index in [4.69, 9.17) is 0 Å². The van der Waals surface area contributed by atoms with Gasteiger partial charge in [-0.2, -0.15) is 0 Å². The first kappa shape index (κ1) is 25.6. The van der Waals surface area contributed by atoms with Gasteiger partial charge in [0, 0.05) is 6.42 Å². The summed E-state index contributed by atoms with van der Waals surface area (Å²) in [5, 5.41) is 0. The van der Waals surface area contributed by atoms with Crippen LogP contribution in [0.2, 0.25) is 0 Å². The van der Waals surface area contributed by atoms with Gasteiger partial charge < -0.3 is 0 Å². The van der Waals surface area contributed by atoms with Gasteiger partial charge in [-0.05, 0) is 29.3 Å². The summed E-state index contributed by atoms with van der Waals surface area (Å²) in [6, 6.07) is 11.0. The Bertz CT molecular complexity index is 414. The second kappa shape index (κ2) is 19.9. The van der Waals surface area contributed by atoms with Crippen LogP contribution in [0, 0.1) is 0 Å². The summed E-state index contributed by atoms with van der Waals surface area (Å²) in [6.45, 7) is 2.30. The third kappa shape index (κ3) is 16.5. The molecule has 1 atom stereocenters. The van der Waals surface area contributed by atoms with E-state index in [1.165, 1.54) is 126 Å². The van der Waals surface area contributed by atoms with E-state index in [0.29, 0.717) is 10.9 Å². The first-order valence-corrected chi connectivity index (χ1v) is 14.4. The van der Waals surface area contributed by atoms with Crippen molar-refractivity contribution in [1.29, 1.82) is 0 Å². The van der Waals surface area contributed by atoms with Crippen LogP contribution in [-0.2, 0) is 17.3 Å². The number of hydrogen-bond acceptors (Lipinski definition) is 0. The largest absolute Gasteiger partial charge is 0.111 e. The lowest BCUT2D eigenvalue weighted by Gasteiger charge is -2.05. The van der Waals surface area contributed by atoms with E-state index in [0.717, 1.165) is 0 Å². The molecule has 1 rings (SSSR count). The number of benzene rings is 1. The van der Waals surface area contributed by atoms with Gasteiger partial charge in [0.1, 0.15) is 11.5 Å². The van der Waals surface area contributed by atoms with Crippen LogP contribution in [0.3, 0.4) is 0 Å². The van der Waals surface area contributed by atoms with Crippen LogP contribution in [0.15, 0.2) is 30.3 Å². The Morgan fingerprint density at radius 2 is 0.964 bits per heavy atom. The van der Waals surface area contributed by atoms with E-state index < -0.39 is 0 Å². The average Bonchev–Trinajstić information content (AvgIpc) is 2.72. The minimum absolute atomic E-state index is 0.612. The second-order valence-electron chi connectivity index (χ2n) is 8.73. The minimum Gasteiger partial charge on any atom is -0.0654 e. The number of unbranched alkanes of at least 4 members (excludes halogenated alkanes) is 15. The molecule has 0 spiro atoms. The lowest BCUT2D eigenvalue weighted by Crippen LogP contribution is -2.12. The summed E-state index contributed by atoms with van der Waals surface area (Å²) >= 11 is 0. The molecule has 0 heterocycles. The molecule has 0 aromatic heterocycles. The van der Waals surface area contributed by atoms with E-state index in [-0.39, 0.29) is 0 Å². The van der Waals surface area contributed by atoms with Crippen molar-refractivity contribution < 1.29 is 0 Å². The van der Waals surface area contributed by atoms with Crippen molar-refractivity contribution in [3.05, 3.63) is 35.9 Å². The number of rotatable bonds is 20. The molecule has 0 amide bonds. The summed E-state index contributed by atoms with van der Waals surface area (Å²) < 4.78 is 0. The van der Waals surface area contributed by atoms with Gasteiger partial charge in [0.05, 0.1) is 6.26 Å². The van der Waals surface area contributed by atoms with Crippen LogP contribution in [0.25, 0.3) is 0 Å². The lowest BCUT2D eigenvalue weighted by molar-refractivity contribution is 0.531. The van der Waals surface area contributed by atoms with E-state index >= 15 is 0 Å². The Morgan fingerprint density at radius 3 is 1.43 bits per heavy atom. The molecule has 0 saturated heterocycles. The topological polar surface area (TPSA) is 0 Å². The maximum atomic E-state index is 2.47. The normalized spacial score (nSPS) is 12.4. The third-order valence-corrected chi connectivity index (χ3v) is 7.82. The summed E-state index contributed by atoms with van der Waals surface area (Å²) in [5.41, 5.74) is 1.51. The highest BCUT2D eigenvalue weighted by molar-refractivity contribution is 7.96. The fourth-order valence-electron chi connectivity index (χ4n) is 3.94. The fraction of sp³-hybridized carbons (Fsp3) is 0.778. The van der Waals surface area contributed by atoms with E-state index in [1.54, 1.807) is 0 Å². The monoisotopic (exact) mass is 405 g/mol. The zero-order valence-electron chi connectivity index (χ0n) is 19.2. The molecule has 0 bridgehead atoms. The molecular formula is C27H49S+. The van der Waals surface area contributed by atoms with Crippen molar-refractivity contribution in [3.63, 3.8) is 0 Å². The zero-order chi connectivity index (χ0) is 20.1. The van der Waals surface area contributed by atoms with Gasteiger partial charge in [-0.15, -0.1) is 0 Å². The molecule has 1 aromatic carbocycles. The van der Waals surface area contributed by atoms with Crippen molar-refractivity contribution in [2.24, 2.45) is 0 Å². The van der Waals surface area contributed by atoms with Gasteiger partial charge in [-0.25, -0.2) is 0 Å². The Morgan fingerprint density at radius 1 is 0.536 bits per heavy atom. The van der Waals surface area contributed by atoms with Crippen LogP contribution in [0.5, 0.6) is 0 Å². The molecule has 1 aromatic rings. The quantitative estimate of drug-likeness (QED) is 0.150. The number of hydrogen-bond donors (Lipinski definition) is 0. The molecule has 0 N–H and O–H groups in total. The maximum Gasteiger partial charge on any atom is 0.111 e. The van der Waals surface area contributed by atoms with E-state index in [2.05, 4.69) is 43.5 Å². The first-order valence-electron chi connectivity index (χ1n) is 12.5. The molecule has 0 saturated carbocycles. The first-order chi connectivity index (χ1) is 13.8. The van der Waals surface area contributed by atoms with Crippen LogP contribution < -0.4 is 0 Å². The summed E-state index contributed by atoms with van der Waals surface area (Å²) in [6.07, 6.45) is 27.2. The zero-order valence-corrected chi connectivity index (χ0v) is 20.0. The lowest BCUT2D eigenvalue weighted by atomic mass is 10.0. The van der Waals surface area contributed by atoms with Crippen LogP contribution >= 0.6 is 0 Å².